The van der Waals surface area contributed by atoms with Crippen LogP contribution < -0.4 is 10.5 Å². The average Bonchev–Trinajstić information content (AvgIpc) is 2.36. The highest BCUT2D eigenvalue weighted by Gasteiger charge is 2.13. The van der Waals surface area contributed by atoms with Crippen molar-refractivity contribution in [3.63, 3.8) is 0 Å². The highest BCUT2D eigenvalue weighted by Crippen LogP contribution is 2.29. The molecule has 98 valence electrons. The first-order valence-corrected chi connectivity index (χ1v) is 5.92. The predicted molar refractivity (Wildman–Crippen MR) is 73.5 cm³/mol. The number of ether oxygens (including phenoxy) is 1. The molecule has 0 aliphatic rings. The van der Waals surface area contributed by atoms with E-state index in [2.05, 4.69) is 0 Å². The van der Waals surface area contributed by atoms with Gasteiger partial charge in [-0.2, -0.15) is 4.39 Å². The molecule has 2 aromatic rings. The van der Waals surface area contributed by atoms with E-state index in [4.69, 9.17) is 22.7 Å². The van der Waals surface area contributed by atoms with E-state index in [1.807, 2.05) is 6.92 Å². The van der Waals surface area contributed by atoms with Gasteiger partial charge in [0.25, 0.3) is 0 Å². The number of nitrogens with two attached hydrogens (primary N) is 1. The van der Waals surface area contributed by atoms with E-state index < -0.39 is 11.6 Å². The Morgan fingerprint density at radius 2 is 1.89 bits per heavy atom. The van der Waals surface area contributed by atoms with Gasteiger partial charge in [-0.3, -0.25) is 0 Å². The summed E-state index contributed by atoms with van der Waals surface area (Å²) >= 11 is 4.91. The van der Waals surface area contributed by atoms with Crippen molar-refractivity contribution in [1.82, 2.24) is 0 Å². The Labute approximate surface area is 114 Å². The summed E-state index contributed by atoms with van der Waals surface area (Å²) in [6, 6.07) is 8.84. The zero-order chi connectivity index (χ0) is 14.0. The van der Waals surface area contributed by atoms with Gasteiger partial charge in [0.1, 0.15) is 10.7 Å². The Morgan fingerprint density at radius 1 is 1.16 bits per heavy atom. The van der Waals surface area contributed by atoms with E-state index in [0.29, 0.717) is 11.3 Å². The second kappa shape index (κ2) is 5.32. The lowest BCUT2D eigenvalue weighted by molar-refractivity contribution is 0.415. The first-order valence-electron chi connectivity index (χ1n) is 5.51. The zero-order valence-corrected chi connectivity index (χ0v) is 10.9. The molecule has 2 nitrogen and oxygen atoms in total. The molecule has 2 rings (SSSR count). The van der Waals surface area contributed by atoms with Crippen molar-refractivity contribution >= 4 is 17.2 Å². The summed E-state index contributed by atoms with van der Waals surface area (Å²) in [6.45, 7) is 1.87. The number of aryl methyl sites for hydroxylation is 1. The summed E-state index contributed by atoms with van der Waals surface area (Å²) in [5, 5.41) is 0. The summed E-state index contributed by atoms with van der Waals surface area (Å²) in [5.74, 6) is -1.93. The highest BCUT2D eigenvalue weighted by atomic mass is 32.1. The van der Waals surface area contributed by atoms with Crippen LogP contribution in [-0.2, 0) is 0 Å². The number of halogens is 2. The first kappa shape index (κ1) is 13.4. The molecule has 0 aliphatic carbocycles. The minimum Gasteiger partial charge on any atom is -0.453 e. The summed E-state index contributed by atoms with van der Waals surface area (Å²) in [6.07, 6.45) is 0. The molecule has 2 N–H and O–H groups in total. The van der Waals surface area contributed by atoms with Crippen LogP contribution in [0.15, 0.2) is 36.4 Å². The van der Waals surface area contributed by atoms with Crippen molar-refractivity contribution in [3.8, 4) is 11.5 Å². The monoisotopic (exact) mass is 279 g/mol. The Morgan fingerprint density at radius 3 is 2.58 bits per heavy atom. The fraction of sp³-hybridized carbons (Fsp3) is 0.0714. The maximum absolute atomic E-state index is 13.5. The van der Waals surface area contributed by atoms with Crippen LogP contribution >= 0.6 is 12.2 Å². The zero-order valence-electron chi connectivity index (χ0n) is 10.1. The van der Waals surface area contributed by atoms with Gasteiger partial charge in [-0.1, -0.05) is 29.9 Å². The fourth-order valence-corrected chi connectivity index (χ4v) is 1.77. The normalized spacial score (nSPS) is 10.3. The van der Waals surface area contributed by atoms with Crippen molar-refractivity contribution in [2.45, 2.75) is 6.92 Å². The minimum absolute atomic E-state index is 0.135. The Kier molecular flexibility index (Phi) is 3.76. The summed E-state index contributed by atoms with van der Waals surface area (Å²) < 4.78 is 32.0. The highest BCUT2D eigenvalue weighted by molar-refractivity contribution is 7.80. The van der Waals surface area contributed by atoms with Crippen molar-refractivity contribution < 1.29 is 13.5 Å². The smallest absolute Gasteiger partial charge is 0.201 e. The van der Waals surface area contributed by atoms with Crippen LogP contribution in [0.5, 0.6) is 11.5 Å². The fourth-order valence-electron chi connectivity index (χ4n) is 1.61. The lowest BCUT2D eigenvalue weighted by atomic mass is 10.1. The van der Waals surface area contributed by atoms with Gasteiger partial charge in [0.2, 0.25) is 5.82 Å². The van der Waals surface area contributed by atoms with Crippen LogP contribution in [0, 0.1) is 18.6 Å². The van der Waals surface area contributed by atoms with Gasteiger partial charge in [0, 0.05) is 0 Å². The van der Waals surface area contributed by atoms with Gasteiger partial charge in [0.15, 0.2) is 11.6 Å². The second-order valence-electron chi connectivity index (χ2n) is 4.02. The Balaban J connectivity index is 2.44. The van der Waals surface area contributed by atoms with Crippen molar-refractivity contribution in [3.05, 3.63) is 59.2 Å². The van der Waals surface area contributed by atoms with Gasteiger partial charge >= 0.3 is 0 Å². The molecule has 0 saturated heterocycles. The van der Waals surface area contributed by atoms with Gasteiger partial charge in [0.05, 0.1) is 5.56 Å². The van der Waals surface area contributed by atoms with Crippen molar-refractivity contribution in [1.29, 1.82) is 0 Å². The van der Waals surface area contributed by atoms with Crippen molar-refractivity contribution in [2.24, 2.45) is 5.73 Å². The number of hydrogen-bond acceptors (Lipinski definition) is 2. The standard InChI is InChI=1S/C14H11F2NOS/c1-8-5-6-11(9(7-8)14(17)19)18-12-4-2-3-10(15)13(12)16/h2-7H,1H3,(H2,17,19). The van der Waals surface area contributed by atoms with Crippen LogP contribution in [0.3, 0.4) is 0 Å². The molecule has 0 aliphatic heterocycles. The molecule has 0 spiro atoms. The number of hydrogen-bond donors (Lipinski definition) is 1. The molecule has 0 bridgehead atoms. The number of benzene rings is 2. The van der Waals surface area contributed by atoms with Crippen LogP contribution in [0.2, 0.25) is 0 Å². The Hall–Kier alpha value is -2.01. The molecule has 0 aromatic heterocycles. The molecule has 0 unspecified atom stereocenters. The van der Waals surface area contributed by atoms with E-state index in [1.54, 1.807) is 18.2 Å². The summed E-state index contributed by atoms with van der Waals surface area (Å²) in [4.78, 5) is 0.135. The summed E-state index contributed by atoms with van der Waals surface area (Å²) in [7, 11) is 0. The molecule has 0 heterocycles. The van der Waals surface area contributed by atoms with Gasteiger partial charge in [-0.15, -0.1) is 0 Å². The lowest BCUT2D eigenvalue weighted by Gasteiger charge is -2.11. The van der Waals surface area contributed by atoms with Crippen LogP contribution in [-0.4, -0.2) is 4.99 Å². The molecule has 5 heteroatoms. The van der Waals surface area contributed by atoms with E-state index >= 15 is 0 Å². The lowest BCUT2D eigenvalue weighted by Crippen LogP contribution is -2.11. The van der Waals surface area contributed by atoms with Gasteiger partial charge in [-0.25, -0.2) is 4.39 Å². The van der Waals surface area contributed by atoms with Crippen LogP contribution in [0.25, 0.3) is 0 Å². The summed E-state index contributed by atoms with van der Waals surface area (Å²) in [5.41, 5.74) is 7.01. The van der Waals surface area contributed by atoms with E-state index in [1.165, 1.54) is 12.1 Å². The molecular formula is C14H11F2NOS. The van der Waals surface area contributed by atoms with Crippen LogP contribution in [0.4, 0.5) is 8.78 Å². The van der Waals surface area contributed by atoms with Gasteiger partial charge < -0.3 is 10.5 Å². The molecular weight excluding hydrogens is 268 g/mol. The number of thiocarbonyl (C=S) groups is 1. The maximum atomic E-state index is 13.5. The first-order chi connectivity index (χ1) is 8.99. The molecule has 0 radical (unpaired) electrons. The molecule has 19 heavy (non-hydrogen) atoms. The second-order valence-corrected chi connectivity index (χ2v) is 4.46. The molecule has 0 amide bonds. The average molecular weight is 279 g/mol. The minimum atomic E-state index is -1.04. The SMILES string of the molecule is Cc1ccc(Oc2cccc(F)c2F)c(C(N)=S)c1. The van der Waals surface area contributed by atoms with Crippen molar-refractivity contribution in [2.75, 3.05) is 0 Å². The molecule has 0 atom stereocenters. The third-order valence-electron chi connectivity index (χ3n) is 2.54. The van der Waals surface area contributed by atoms with Crippen LogP contribution in [0.1, 0.15) is 11.1 Å². The quantitative estimate of drug-likeness (QED) is 0.870. The topological polar surface area (TPSA) is 35.2 Å². The van der Waals surface area contributed by atoms with E-state index in [9.17, 15) is 8.78 Å². The molecule has 0 fully saturated rings. The van der Waals surface area contributed by atoms with E-state index in [-0.39, 0.29) is 10.7 Å². The molecule has 0 saturated carbocycles. The Bertz CT molecular complexity index is 643. The van der Waals surface area contributed by atoms with Gasteiger partial charge in [-0.05, 0) is 31.2 Å². The molecule has 2 aromatic carbocycles. The van der Waals surface area contributed by atoms with E-state index in [0.717, 1.165) is 11.6 Å². The third-order valence-corrected chi connectivity index (χ3v) is 2.76. The number of rotatable bonds is 3. The predicted octanol–water partition coefficient (Wildman–Crippen LogP) is 3.70. The maximum Gasteiger partial charge on any atom is 0.201 e. The largest absolute Gasteiger partial charge is 0.453 e. The third kappa shape index (κ3) is 2.88.